The van der Waals surface area contributed by atoms with E-state index in [0.717, 1.165) is 51.1 Å². The van der Waals surface area contributed by atoms with E-state index in [1.807, 2.05) is 12.1 Å². The molecule has 118 valence electrons. The predicted molar refractivity (Wildman–Crippen MR) is 83.9 cm³/mol. The van der Waals surface area contributed by atoms with E-state index < -0.39 is 0 Å². The van der Waals surface area contributed by atoms with Crippen molar-refractivity contribution in [2.24, 2.45) is 0 Å². The molecule has 1 saturated heterocycles. The van der Waals surface area contributed by atoms with Gasteiger partial charge in [-0.3, -0.25) is 0 Å². The van der Waals surface area contributed by atoms with Crippen LogP contribution >= 0.6 is 0 Å². The molecule has 0 bridgehead atoms. The molecule has 1 aromatic carbocycles. The van der Waals surface area contributed by atoms with Crippen LogP contribution in [0.5, 0.6) is 0 Å². The fraction of sp³-hybridized carbons (Fsp3) is 0.647. The molecule has 0 amide bonds. The van der Waals surface area contributed by atoms with Crippen LogP contribution in [0.25, 0.3) is 0 Å². The first-order chi connectivity index (χ1) is 10.2. The number of hydrogen-bond acceptors (Lipinski definition) is 3. The highest BCUT2D eigenvalue weighted by Gasteiger charge is 2.20. The van der Waals surface area contributed by atoms with Crippen molar-refractivity contribution < 1.29 is 9.13 Å². The average molecular weight is 294 g/mol. The van der Waals surface area contributed by atoms with Crippen molar-refractivity contribution in [1.29, 1.82) is 0 Å². The molecule has 0 spiro atoms. The minimum Gasteiger partial charge on any atom is -0.381 e. The van der Waals surface area contributed by atoms with E-state index in [0.29, 0.717) is 6.04 Å². The van der Waals surface area contributed by atoms with Gasteiger partial charge in [-0.2, -0.15) is 0 Å². The highest BCUT2D eigenvalue weighted by molar-refractivity contribution is 5.21. The summed E-state index contributed by atoms with van der Waals surface area (Å²) >= 11 is 0. The summed E-state index contributed by atoms with van der Waals surface area (Å²) in [7, 11) is 2.17. The monoisotopic (exact) mass is 294 g/mol. The summed E-state index contributed by atoms with van der Waals surface area (Å²) in [5.41, 5.74) is 0.778. The van der Waals surface area contributed by atoms with Crippen molar-refractivity contribution in [3.05, 3.63) is 35.6 Å². The molecule has 1 N–H and O–H groups in total. The number of benzene rings is 1. The van der Waals surface area contributed by atoms with E-state index in [1.54, 1.807) is 12.1 Å². The van der Waals surface area contributed by atoms with E-state index in [4.69, 9.17) is 4.74 Å². The van der Waals surface area contributed by atoms with Crippen molar-refractivity contribution in [2.45, 2.75) is 38.3 Å². The third-order valence-electron chi connectivity index (χ3n) is 4.32. The number of halogens is 1. The lowest BCUT2D eigenvalue weighted by Gasteiger charge is -2.32. The number of ether oxygens (including phenoxy) is 1. The van der Waals surface area contributed by atoms with Crippen LogP contribution in [0.15, 0.2) is 24.3 Å². The van der Waals surface area contributed by atoms with Gasteiger partial charge in [-0.25, -0.2) is 4.39 Å². The standard InChI is InChI=1S/C17H27FN2O/c1-3-19-17(15-6-4-5-7-16(15)18)8-11-20(2)14-9-12-21-13-10-14/h4-7,14,17,19H,3,8-13H2,1-2H3. The molecule has 1 unspecified atom stereocenters. The fourth-order valence-corrected chi connectivity index (χ4v) is 3.01. The Kier molecular flexibility index (Phi) is 6.61. The number of nitrogens with one attached hydrogen (secondary N) is 1. The second kappa shape index (κ2) is 8.47. The largest absolute Gasteiger partial charge is 0.381 e. The summed E-state index contributed by atoms with van der Waals surface area (Å²) in [5.74, 6) is -0.114. The molecule has 3 nitrogen and oxygen atoms in total. The van der Waals surface area contributed by atoms with Gasteiger partial charge in [0.25, 0.3) is 0 Å². The van der Waals surface area contributed by atoms with Crippen LogP contribution in [0, 0.1) is 5.82 Å². The summed E-state index contributed by atoms with van der Waals surface area (Å²) in [4.78, 5) is 2.40. The highest BCUT2D eigenvalue weighted by Crippen LogP contribution is 2.21. The van der Waals surface area contributed by atoms with Gasteiger partial charge in [-0.1, -0.05) is 25.1 Å². The molecule has 1 aliphatic heterocycles. The van der Waals surface area contributed by atoms with Gasteiger partial charge >= 0.3 is 0 Å². The van der Waals surface area contributed by atoms with Crippen molar-refractivity contribution in [2.75, 3.05) is 33.4 Å². The molecule has 1 heterocycles. The molecular weight excluding hydrogens is 267 g/mol. The third-order valence-corrected chi connectivity index (χ3v) is 4.32. The molecule has 1 aromatic rings. The number of hydrogen-bond donors (Lipinski definition) is 1. The Morgan fingerprint density at radius 2 is 2.05 bits per heavy atom. The van der Waals surface area contributed by atoms with E-state index in [9.17, 15) is 4.39 Å². The van der Waals surface area contributed by atoms with Crippen LogP contribution < -0.4 is 5.32 Å². The van der Waals surface area contributed by atoms with Crippen LogP contribution in [-0.2, 0) is 4.74 Å². The third kappa shape index (κ3) is 4.77. The molecule has 1 atom stereocenters. The van der Waals surface area contributed by atoms with Crippen LogP contribution in [-0.4, -0.2) is 44.3 Å². The smallest absolute Gasteiger partial charge is 0.127 e. The molecule has 0 radical (unpaired) electrons. The van der Waals surface area contributed by atoms with Gasteiger partial charge < -0.3 is 15.0 Å². The first-order valence-corrected chi connectivity index (χ1v) is 7.98. The summed E-state index contributed by atoms with van der Waals surface area (Å²) in [5, 5.41) is 3.41. The molecule has 21 heavy (non-hydrogen) atoms. The van der Waals surface area contributed by atoms with Crippen molar-refractivity contribution >= 4 is 0 Å². The first-order valence-electron chi connectivity index (χ1n) is 7.98. The maximum atomic E-state index is 14.0. The SMILES string of the molecule is CCNC(CCN(C)C1CCOCC1)c1ccccc1F. The summed E-state index contributed by atoms with van der Waals surface area (Å²) in [6, 6.07) is 7.76. The highest BCUT2D eigenvalue weighted by atomic mass is 19.1. The summed E-state index contributed by atoms with van der Waals surface area (Å²) in [6.07, 6.45) is 3.12. The first kappa shape index (κ1) is 16.4. The number of nitrogens with zero attached hydrogens (tertiary/aromatic N) is 1. The molecule has 1 fully saturated rings. The van der Waals surface area contributed by atoms with E-state index >= 15 is 0 Å². The lowest BCUT2D eigenvalue weighted by atomic mass is 10.0. The Balaban J connectivity index is 1.92. The Hall–Kier alpha value is -0.970. The Morgan fingerprint density at radius 1 is 1.33 bits per heavy atom. The predicted octanol–water partition coefficient (Wildman–Crippen LogP) is 2.98. The molecule has 0 aliphatic carbocycles. The Labute approximate surface area is 127 Å². The van der Waals surface area contributed by atoms with Gasteiger partial charge in [0.05, 0.1) is 0 Å². The zero-order chi connectivity index (χ0) is 15.1. The zero-order valence-corrected chi connectivity index (χ0v) is 13.1. The number of rotatable bonds is 7. The van der Waals surface area contributed by atoms with Crippen LogP contribution in [0.1, 0.15) is 37.8 Å². The lowest BCUT2D eigenvalue weighted by Crippen LogP contribution is -2.38. The Bertz CT molecular complexity index is 421. The normalized spacial score (nSPS) is 18.1. The van der Waals surface area contributed by atoms with Gasteiger partial charge in [-0.05, 0) is 45.5 Å². The Morgan fingerprint density at radius 3 is 2.71 bits per heavy atom. The summed E-state index contributed by atoms with van der Waals surface area (Å²) in [6.45, 7) is 5.60. The molecule has 1 aliphatic rings. The maximum absolute atomic E-state index is 14.0. The minimum absolute atomic E-state index is 0.0819. The lowest BCUT2D eigenvalue weighted by molar-refractivity contribution is 0.0419. The van der Waals surface area contributed by atoms with Gasteiger partial charge in [-0.15, -0.1) is 0 Å². The van der Waals surface area contributed by atoms with Crippen LogP contribution in [0.2, 0.25) is 0 Å². The van der Waals surface area contributed by atoms with Crippen molar-refractivity contribution in [1.82, 2.24) is 10.2 Å². The average Bonchev–Trinajstić information content (AvgIpc) is 2.53. The van der Waals surface area contributed by atoms with Crippen molar-refractivity contribution in [3.63, 3.8) is 0 Å². The molecular formula is C17H27FN2O. The molecule has 2 rings (SSSR count). The molecule has 0 saturated carbocycles. The van der Waals surface area contributed by atoms with Gasteiger partial charge in [0.1, 0.15) is 5.82 Å². The second-order valence-electron chi connectivity index (χ2n) is 5.74. The fourth-order valence-electron chi connectivity index (χ4n) is 3.01. The quantitative estimate of drug-likeness (QED) is 0.837. The van der Waals surface area contributed by atoms with E-state index in [1.165, 1.54) is 0 Å². The van der Waals surface area contributed by atoms with E-state index in [-0.39, 0.29) is 11.9 Å². The molecule has 0 aromatic heterocycles. The van der Waals surface area contributed by atoms with Gasteiger partial charge in [0.15, 0.2) is 0 Å². The summed E-state index contributed by atoms with van der Waals surface area (Å²) < 4.78 is 19.4. The van der Waals surface area contributed by atoms with Gasteiger partial charge in [0.2, 0.25) is 0 Å². The van der Waals surface area contributed by atoms with Gasteiger partial charge in [0, 0.05) is 30.9 Å². The topological polar surface area (TPSA) is 24.5 Å². The van der Waals surface area contributed by atoms with Crippen LogP contribution in [0.3, 0.4) is 0 Å². The maximum Gasteiger partial charge on any atom is 0.127 e. The zero-order valence-electron chi connectivity index (χ0n) is 13.1. The van der Waals surface area contributed by atoms with E-state index in [2.05, 4.69) is 24.2 Å². The van der Waals surface area contributed by atoms with Crippen molar-refractivity contribution in [3.8, 4) is 0 Å². The second-order valence-corrected chi connectivity index (χ2v) is 5.74. The van der Waals surface area contributed by atoms with Crippen LogP contribution in [0.4, 0.5) is 4.39 Å². The minimum atomic E-state index is -0.114. The molecule has 4 heteroatoms.